The summed E-state index contributed by atoms with van der Waals surface area (Å²) >= 11 is 11.4. The van der Waals surface area contributed by atoms with E-state index in [0.717, 1.165) is 36.4 Å². The molecule has 0 atom stereocenters. The fourth-order valence-corrected chi connectivity index (χ4v) is 6.73. The normalized spacial score (nSPS) is 11.7. The SMILES string of the molecule is O=[N+]([O-])c1cc([O-])c(N=Nc2ccc3c(S(=O)(=O)[O-])cccc3c2[O-])cc1Cl.O=[N+]([O-])c1cc([O-])c(N=Nc2ccc3c(S(=O)(=O)[O-])cccc3c2[O-])cc1Cl.[Cr].[H+].[H+].[H+]. The molecule has 0 amide bonds. The zero-order chi connectivity index (χ0) is 41.3. The number of nitrogens with zero attached hydrogens (tertiary/aromatic N) is 6. The van der Waals surface area contributed by atoms with Crippen molar-refractivity contribution in [2.75, 3.05) is 0 Å². The Kier molecular flexibility index (Phi) is 13.0. The van der Waals surface area contributed by atoms with Crippen LogP contribution in [0.4, 0.5) is 34.1 Å². The Morgan fingerprint density at radius 2 is 0.842 bits per heavy atom. The van der Waals surface area contributed by atoms with Gasteiger partial charge in [-0.25, -0.2) is 16.8 Å². The van der Waals surface area contributed by atoms with Crippen molar-refractivity contribution >= 4 is 99.1 Å². The maximum atomic E-state index is 12.5. The summed E-state index contributed by atoms with van der Waals surface area (Å²) in [6, 6.07) is 15.2. The quantitative estimate of drug-likeness (QED) is 0.0724. The van der Waals surface area contributed by atoms with E-state index in [9.17, 15) is 66.6 Å². The largest absolute Gasteiger partial charge is 1.00 e. The van der Waals surface area contributed by atoms with Crippen molar-refractivity contribution in [2.45, 2.75) is 9.79 Å². The first kappa shape index (κ1) is 43.7. The Hall–Kier alpha value is -6.03. The molecule has 0 bridgehead atoms. The van der Waals surface area contributed by atoms with Crippen LogP contribution in [-0.2, 0) is 37.6 Å². The summed E-state index contributed by atoms with van der Waals surface area (Å²) in [4.78, 5) is 18.8. The molecule has 25 heteroatoms. The number of azo groups is 2. The van der Waals surface area contributed by atoms with E-state index in [-0.39, 0.29) is 76.0 Å². The Morgan fingerprint density at radius 1 is 0.509 bits per heavy atom. The van der Waals surface area contributed by atoms with Crippen molar-refractivity contribution in [1.82, 2.24) is 0 Å². The third-order valence-corrected chi connectivity index (χ3v) is 9.82. The molecule has 57 heavy (non-hydrogen) atoms. The molecule has 20 nitrogen and oxygen atoms in total. The van der Waals surface area contributed by atoms with Gasteiger partial charge in [0, 0.05) is 29.5 Å². The van der Waals surface area contributed by atoms with Gasteiger partial charge in [-0.2, -0.15) is 20.5 Å². The van der Waals surface area contributed by atoms with Crippen molar-refractivity contribution in [3.8, 4) is 23.0 Å². The minimum Gasteiger partial charge on any atom is -0.871 e. The average molecular weight is 897 g/mol. The van der Waals surface area contributed by atoms with Crippen molar-refractivity contribution < 1.29 is 77.9 Å². The number of benzene rings is 6. The molecule has 0 spiro atoms. The molecule has 0 unspecified atom stereocenters. The van der Waals surface area contributed by atoms with Gasteiger partial charge in [-0.05, 0) is 57.9 Å². The van der Waals surface area contributed by atoms with E-state index in [4.69, 9.17) is 23.2 Å². The molecule has 0 aliphatic rings. The molecule has 0 radical (unpaired) electrons. The van der Waals surface area contributed by atoms with E-state index < -0.39 is 74.2 Å². The van der Waals surface area contributed by atoms with Crippen LogP contribution in [-0.4, -0.2) is 35.8 Å². The first-order valence-electron chi connectivity index (χ1n) is 14.7. The van der Waals surface area contributed by atoms with Crippen molar-refractivity contribution in [2.24, 2.45) is 20.5 Å². The summed E-state index contributed by atoms with van der Waals surface area (Å²) in [7, 11) is -9.58. The predicted octanol–water partition coefficient (Wildman–Crippen LogP) is 6.07. The Morgan fingerprint density at radius 3 is 1.16 bits per heavy atom. The summed E-state index contributed by atoms with van der Waals surface area (Å²) < 4.78 is 67.8. The fourth-order valence-electron chi connectivity index (χ4n) is 4.89. The van der Waals surface area contributed by atoms with E-state index in [1.54, 1.807) is 0 Å². The van der Waals surface area contributed by atoms with Gasteiger partial charge < -0.3 is 29.5 Å². The maximum Gasteiger partial charge on any atom is 1.00 e. The maximum absolute atomic E-state index is 12.5. The molecule has 0 fully saturated rings. The minimum atomic E-state index is -4.79. The van der Waals surface area contributed by atoms with Crippen LogP contribution in [0.5, 0.6) is 23.0 Å². The Labute approximate surface area is 344 Å². The van der Waals surface area contributed by atoms with E-state index in [1.165, 1.54) is 36.4 Å². The van der Waals surface area contributed by atoms with Gasteiger partial charge in [0.1, 0.15) is 30.3 Å². The monoisotopic (exact) mass is 895 g/mol. The minimum absolute atomic E-state index is 0. The van der Waals surface area contributed by atoms with Gasteiger partial charge in [0.25, 0.3) is 11.4 Å². The number of fused-ring (bicyclic) bond motifs is 2. The summed E-state index contributed by atoms with van der Waals surface area (Å²) in [6.07, 6.45) is 0. The van der Waals surface area contributed by atoms with Gasteiger partial charge in [-0.3, -0.25) is 20.2 Å². The molecule has 6 rings (SSSR count). The summed E-state index contributed by atoms with van der Waals surface area (Å²) in [5.41, 5.74) is -2.31. The molecule has 0 aliphatic carbocycles. The molecule has 0 aliphatic heterocycles. The van der Waals surface area contributed by atoms with Crippen LogP contribution in [0.3, 0.4) is 0 Å². The molecule has 6 aromatic carbocycles. The molecule has 0 N–H and O–H groups in total. The third kappa shape index (κ3) is 9.51. The molecule has 6 aromatic rings. The van der Waals surface area contributed by atoms with Crippen molar-refractivity contribution in [1.29, 1.82) is 0 Å². The second kappa shape index (κ2) is 17.0. The second-order valence-corrected chi connectivity index (χ2v) is 14.4. The zero-order valence-corrected chi connectivity index (χ0v) is 31.9. The number of nitro benzene ring substituents is 2. The zero-order valence-electron chi connectivity index (χ0n) is 30.5. The van der Waals surface area contributed by atoms with Gasteiger partial charge in [0.15, 0.2) is 0 Å². The summed E-state index contributed by atoms with van der Waals surface area (Å²) in [5.74, 6) is -3.08. The molecule has 0 aromatic heterocycles. The van der Waals surface area contributed by atoms with Crippen LogP contribution in [0.2, 0.25) is 10.0 Å². The third-order valence-electron chi connectivity index (χ3n) is 7.42. The van der Waals surface area contributed by atoms with Gasteiger partial charge in [0.2, 0.25) is 0 Å². The number of rotatable bonds is 8. The van der Waals surface area contributed by atoms with Gasteiger partial charge in [0.05, 0.1) is 42.4 Å². The van der Waals surface area contributed by atoms with Crippen molar-refractivity contribution in [3.05, 3.63) is 115 Å². The van der Waals surface area contributed by atoms with E-state index >= 15 is 0 Å². The molecule has 0 heterocycles. The number of hydrogen-bond donors (Lipinski definition) is 0. The van der Waals surface area contributed by atoms with Gasteiger partial charge in [-0.15, -0.1) is 0 Å². The first-order valence-corrected chi connectivity index (χ1v) is 18.3. The smallest absolute Gasteiger partial charge is 0.871 e. The number of hydrogen-bond acceptors (Lipinski definition) is 18. The topological polar surface area (TPSA) is 342 Å². The molecular weight excluding hydrogens is 879 g/mol. The van der Waals surface area contributed by atoms with Gasteiger partial charge in [-0.1, -0.05) is 82.6 Å². The van der Waals surface area contributed by atoms with Crippen LogP contribution in [0.15, 0.2) is 115 Å². The van der Waals surface area contributed by atoms with E-state index in [2.05, 4.69) is 20.5 Å². The van der Waals surface area contributed by atoms with Crippen molar-refractivity contribution in [3.63, 3.8) is 0 Å². The molecule has 0 saturated carbocycles. The van der Waals surface area contributed by atoms with E-state index in [1.807, 2.05) is 0 Å². The predicted molar refractivity (Wildman–Crippen MR) is 190 cm³/mol. The standard InChI is InChI=1S/2C16H10ClN3O7S.Cr/c2*17-10-6-12(14(21)7-13(10)20(23)24)19-18-11-5-4-8-9(16(11)22)2-1-3-15(8)28(25,26)27;/h2*1-7,21-22H,(H,25,26,27);/p-3. The van der Waals surface area contributed by atoms with E-state index in [0.29, 0.717) is 12.1 Å². The number of nitro groups is 2. The average Bonchev–Trinajstić information content (AvgIpc) is 3.12. The summed E-state index contributed by atoms with van der Waals surface area (Å²) in [6.45, 7) is 0. The Balaban J connectivity index is 0.000000562. The molecular formula is C32H17Cl2CrN6O14S2-3. The Bertz CT molecular complexity index is 2740. The first-order chi connectivity index (χ1) is 26.2. The van der Waals surface area contributed by atoms with Crippen LogP contribution < -0.4 is 20.4 Å². The van der Waals surface area contributed by atoms with Gasteiger partial charge >= 0.3 is 4.28 Å². The van der Waals surface area contributed by atoms with Crippen LogP contribution in [0, 0.1) is 20.2 Å². The van der Waals surface area contributed by atoms with Crippen LogP contribution in [0.25, 0.3) is 21.5 Å². The van der Waals surface area contributed by atoms with Crippen LogP contribution in [0.1, 0.15) is 4.28 Å². The molecule has 0 saturated heterocycles. The fraction of sp³-hybridized carbons (Fsp3) is 0. The number of halogens is 2. The second-order valence-electron chi connectivity index (χ2n) is 10.9. The molecule has 294 valence electrons. The summed E-state index contributed by atoms with van der Waals surface area (Å²) in [5, 5.41) is 83.8. The van der Waals surface area contributed by atoms with Crippen LogP contribution >= 0.6 is 23.2 Å².